The molecule has 0 atom stereocenters. The van der Waals surface area contributed by atoms with Gasteiger partial charge in [-0.15, -0.1) is 0 Å². The van der Waals surface area contributed by atoms with Crippen molar-refractivity contribution < 1.29 is 19.1 Å². The van der Waals surface area contributed by atoms with Gasteiger partial charge in [0.05, 0.1) is 12.7 Å². The van der Waals surface area contributed by atoms with E-state index in [-0.39, 0.29) is 11.3 Å². The van der Waals surface area contributed by atoms with Gasteiger partial charge < -0.3 is 26.8 Å². The van der Waals surface area contributed by atoms with Crippen molar-refractivity contribution in [2.24, 2.45) is 11.5 Å². The first-order valence-corrected chi connectivity index (χ1v) is 5.64. The quantitative estimate of drug-likeness (QED) is 0.554. The minimum absolute atomic E-state index is 0.104. The Morgan fingerprint density at radius 1 is 1.15 bits per heavy atom. The highest BCUT2D eigenvalue weighted by atomic mass is 16.5. The first kappa shape index (κ1) is 15.3. The molecule has 8 nitrogen and oxygen atoms in total. The van der Waals surface area contributed by atoms with Crippen molar-refractivity contribution in [1.29, 1.82) is 0 Å². The van der Waals surface area contributed by atoms with Crippen LogP contribution < -0.4 is 21.9 Å². The Hall–Kier alpha value is -2.77. The summed E-state index contributed by atoms with van der Waals surface area (Å²) >= 11 is 0. The SMILES string of the molecule is COc1ccc(N)c(C(=O)N(CC(N)=O)CC(N)=O)c1. The first-order valence-electron chi connectivity index (χ1n) is 5.64. The summed E-state index contributed by atoms with van der Waals surface area (Å²) in [5.41, 5.74) is 16.1. The highest BCUT2D eigenvalue weighted by molar-refractivity contribution is 6.02. The minimum Gasteiger partial charge on any atom is -0.497 e. The lowest BCUT2D eigenvalue weighted by molar-refractivity contribution is -0.121. The fourth-order valence-electron chi connectivity index (χ4n) is 1.59. The van der Waals surface area contributed by atoms with E-state index in [0.717, 1.165) is 4.90 Å². The number of anilines is 1. The highest BCUT2D eigenvalue weighted by Crippen LogP contribution is 2.21. The zero-order chi connectivity index (χ0) is 15.3. The Morgan fingerprint density at radius 2 is 1.70 bits per heavy atom. The fourth-order valence-corrected chi connectivity index (χ4v) is 1.59. The van der Waals surface area contributed by atoms with Gasteiger partial charge in [-0.2, -0.15) is 0 Å². The third kappa shape index (κ3) is 3.87. The Balaban J connectivity index is 3.10. The van der Waals surface area contributed by atoms with E-state index in [1.54, 1.807) is 6.07 Å². The van der Waals surface area contributed by atoms with Crippen LogP contribution in [0.15, 0.2) is 18.2 Å². The molecule has 0 aliphatic carbocycles. The predicted octanol–water partition coefficient (Wildman–Crippen LogP) is -1.31. The number of nitrogens with two attached hydrogens (primary N) is 3. The van der Waals surface area contributed by atoms with Crippen molar-refractivity contribution in [3.8, 4) is 5.75 Å². The maximum Gasteiger partial charge on any atom is 0.257 e. The van der Waals surface area contributed by atoms with E-state index < -0.39 is 30.8 Å². The molecule has 8 heteroatoms. The average molecular weight is 280 g/mol. The van der Waals surface area contributed by atoms with Crippen LogP contribution in [0.2, 0.25) is 0 Å². The Morgan fingerprint density at radius 3 is 2.15 bits per heavy atom. The molecule has 0 aromatic heterocycles. The monoisotopic (exact) mass is 280 g/mol. The van der Waals surface area contributed by atoms with Gasteiger partial charge >= 0.3 is 0 Å². The molecule has 0 radical (unpaired) electrons. The molecule has 0 aliphatic heterocycles. The molecule has 1 aromatic carbocycles. The molecule has 1 aromatic rings. The van der Waals surface area contributed by atoms with Crippen LogP contribution in [0.3, 0.4) is 0 Å². The molecule has 0 heterocycles. The van der Waals surface area contributed by atoms with Gasteiger partial charge in [-0.3, -0.25) is 14.4 Å². The van der Waals surface area contributed by atoms with Crippen LogP contribution >= 0.6 is 0 Å². The van der Waals surface area contributed by atoms with Gasteiger partial charge in [0.15, 0.2) is 0 Å². The van der Waals surface area contributed by atoms with Crippen LogP contribution in [0.25, 0.3) is 0 Å². The summed E-state index contributed by atoms with van der Waals surface area (Å²) in [5.74, 6) is -1.73. The van der Waals surface area contributed by atoms with Crippen LogP contribution in [0.4, 0.5) is 5.69 Å². The first-order chi connectivity index (χ1) is 9.35. The smallest absolute Gasteiger partial charge is 0.257 e. The maximum atomic E-state index is 12.3. The number of carbonyl (C=O) groups excluding carboxylic acids is 3. The number of nitrogens with zero attached hydrogens (tertiary/aromatic N) is 1. The van der Waals surface area contributed by atoms with Gasteiger partial charge in [0.2, 0.25) is 11.8 Å². The zero-order valence-electron chi connectivity index (χ0n) is 11.0. The molecular weight excluding hydrogens is 264 g/mol. The number of carbonyl (C=O) groups is 3. The van der Waals surface area contributed by atoms with E-state index in [4.69, 9.17) is 21.9 Å². The number of amides is 3. The number of methoxy groups -OCH3 is 1. The summed E-state index contributed by atoms with van der Waals surface area (Å²) in [4.78, 5) is 35.1. The van der Waals surface area contributed by atoms with Crippen molar-refractivity contribution in [1.82, 2.24) is 4.90 Å². The number of ether oxygens (including phenoxy) is 1. The largest absolute Gasteiger partial charge is 0.497 e. The molecule has 1 rings (SSSR count). The topological polar surface area (TPSA) is 142 Å². The molecule has 6 N–H and O–H groups in total. The molecule has 0 saturated heterocycles. The van der Waals surface area contributed by atoms with E-state index in [1.807, 2.05) is 0 Å². The maximum absolute atomic E-state index is 12.3. The lowest BCUT2D eigenvalue weighted by atomic mass is 10.1. The van der Waals surface area contributed by atoms with Crippen LogP contribution in [0.1, 0.15) is 10.4 Å². The van der Waals surface area contributed by atoms with Crippen molar-refractivity contribution >= 4 is 23.4 Å². The van der Waals surface area contributed by atoms with Gasteiger partial charge in [-0.05, 0) is 18.2 Å². The predicted molar refractivity (Wildman–Crippen MR) is 71.7 cm³/mol. The molecule has 0 aliphatic rings. The molecule has 0 saturated carbocycles. The van der Waals surface area contributed by atoms with Gasteiger partial charge in [0, 0.05) is 5.69 Å². The molecule has 0 fully saturated rings. The average Bonchev–Trinajstić information content (AvgIpc) is 2.36. The second-order valence-electron chi connectivity index (χ2n) is 4.05. The summed E-state index contributed by atoms with van der Waals surface area (Å²) < 4.78 is 4.99. The number of primary amides is 2. The van der Waals surface area contributed by atoms with Gasteiger partial charge in [0.1, 0.15) is 18.8 Å². The summed E-state index contributed by atoms with van der Waals surface area (Å²) in [6, 6.07) is 4.48. The molecule has 20 heavy (non-hydrogen) atoms. The summed E-state index contributed by atoms with van der Waals surface area (Å²) in [7, 11) is 1.43. The Labute approximate surface area is 115 Å². The standard InChI is InChI=1S/C12H16N4O4/c1-20-7-2-3-9(13)8(4-7)12(19)16(5-10(14)17)6-11(15)18/h2-4H,5-6,13H2,1H3,(H2,14,17)(H2,15,18). The van der Waals surface area contributed by atoms with Gasteiger partial charge in [0.25, 0.3) is 5.91 Å². The zero-order valence-corrected chi connectivity index (χ0v) is 11.0. The summed E-state index contributed by atoms with van der Waals surface area (Å²) in [6.45, 7) is -0.864. The van der Waals surface area contributed by atoms with Crippen molar-refractivity contribution in [3.63, 3.8) is 0 Å². The van der Waals surface area contributed by atoms with Gasteiger partial charge in [-0.25, -0.2) is 0 Å². The van der Waals surface area contributed by atoms with E-state index in [1.165, 1.54) is 19.2 Å². The molecule has 3 amide bonds. The van der Waals surface area contributed by atoms with Crippen molar-refractivity contribution in [3.05, 3.63) is 23.8 Å². The number of hydrogen-bond donors (Lipinski definition) is 3. The van der Waals surface area contributed by atoms with Crippen LogP contribution in [0, 0.1) is 0 Å². The second-order valence-corrected chi connectivity index (χ2v) is 4.05. The number of rotatable bonds is 6. The van der Waals surface area contributed by atoms with Gasteiger partial charge in [-0.1, -0.05) is 0 Å². The Kier molecular flexibility index (Phi) is 4.90. The fraction of sp³-hybridized carbons (Fsp3) is 0.250. The third-order valence-electron chi connectivity index (χ3n) is 2.47. The van der Waals surface area contributed by atoms with Crippen molar-refractivity contribution in [2.75, 3.05) is 25.9 Å². The molecule has 0 unspecified atom stereocenters. The second kappa shape index (κ2) is 6.41. The van der Waals surface area contributed by atoms with E-state index in [9.17, 15) is 14.4 Å². The summed E-state index contributed by atoms with van der Waals surface area (Å²) in [6.07, 6.45) is 0. The molecule has 108 valence electrons. The van der Waals surface area contributed by atoms with Crippen LogP contribution in [-0.4, -0.2) is 42.8 Å². The van der Waals surface area contributed by atoms with Crippen LogP contribution in [0.5, 0.6) is 5.75 Å². The van der Waals surface area contributed by atoms with Crippen LogP contribution in [-0.2, 0) is 9.59 Å². The molecule has 0 spiro atoms. The molecule has 0 bridgehead atoms. The highest BCUT2D eigenvalue weighted by Gasteiger charge is 2.21. The van der Waals surface area contributed by atoms with E-state index in [2.05, 4.69) is 0 Å². The van der Waals surface area contributed by atoms with Crippen molar-refractivity contribution in [2.45, 2.75) is 0 Å². The van der Waals surface area contributed by atoms with E-state index >= 15 is 0 Å². The lowest BCUT2D eigenvalue weighted by Gasteiger charge is -2.20. The normalized spacial score (nSPS) is 9.85. The minimum atomic E-state index is -0.763. The summed E-state index contributed by atoms with van der Waals surface area (Å²) in [5, 5.41) is 0. The Bertz CT molecular complexity index is 528. The number of nitrogen functional groups attached to an aromatic ring is 1. The van der Waals surface area contributed by atoms with E-state index in [0.29, 0.717) is 5.75 Å². The molecular formula is C12H16N4O4. The number of benzene rings is 1. The number of hydrogen-bond acceptors (Lipinski definition) is 5. The lowest BCUT2D eigenvalue weighted by Crippen LogP contribution is -2.43. The third-order valence-corrected chi connectivity index (χ3v) is 2.47.